The summed E-state index contributed by atoms with van der Waals surface area (Å²) in [6.45, 7) is -1.40. The highest BCUT2D eigenvalue weighted by Crippen LogP contribution is 2.18. The highest BCUT2D eigenvalue weighted by molar-refractivity contribution is 9.10. The van der Waals surface area contributed by atoms with Crippen molar-refractivity contribution in [1.82, 2.24) is 5.43 Å². The van der Waals surface area contributed by atoms with Crippen molar-refractivity contribution in [3.8, 4) is 0 Å². The standard InChI is InChI=1S/C12H15BrF4N2O/c13-9-1-2-11(14)8(5-9)6-10(19-18)3-4-20-7-12(15,16)17/h1-2,5,10,19H,3-4,6-7,18H2. The predicted molar refractivity (Wildman–Crippen MR) is 70.4 cm³/mol. The number of alkyl halides is 3. The van der Waals surface area contributed by atoms with Crippen LogP contribution in [0.3, 0.4) is 0 Å². The van der Waals surface area contributed by atoms with Gasteiger partial charge in [-0.2, -0.15) is 13.2 Å². The Morgan fingerprint density at radius 2 is 2.05 bits per heavy atom. The second-order valence-corrected chi connectivity index (χ2v) is 5.18. The molecule has 0 heterocycles. The number of rotatable bonds is 7. The van der Waals surface area contributed by atoms with Crippen molar-refractivity contribution in [2.75, 3.05) is 13.2 Å². The molecule has 0 aliphatic rings. The minimum atomic E-state index is -4.35. The van der Waals surface area contributed by atoms with Crippen LogP contribution in [0.25, 0.3) is 0 Å². The Morgan fingerprint density at radius 3 is 2.65 bits per heavy atom. The Bertz CT molecular complexity index is 428. The first-order valence-corrected chi connectivity index (χ1v) is 6.65. The van der Waals surface area contributed by atoms with E-state index in [2.05, 4.69) is 26.1 Å². The van der Waals surface area contributed by atoms with E-state index in [-0.39, 0.29) is 31.3 Å². The normalized spacial score (nSPS) is 13.5. The lowest BCUT2D eigenvalue weighted by Gasteiger charge is -2.17. The van der Waals surface area contributed by atoms with Crippen molar-refractivity contribution in [3.05, 3.63) is 34.1 Å². The first-order valence-electron chi connectivity index (χ1n) is 5.86. The first-order chi connectivity index (χ1) is 9.31. The van der Waals surface area contributed by atoms with Gasteiger partial charge in [0, 0.05) is 17.1 Å². The van der Waals surface area contributed by atoms with E-state index in [1.165, 1.54) is 6.07 Å². The van der Waals surface area contributed by atoms with Gasteiger partial charge < -0.3 is 4.74 Å². The maximum absolute atomic E-state index is 13.5. The van der Waals surface area contributed by atoms with Gasteiger partial charge in [0.25, 0.3) is 0 Å². The number of benzene rings is 1. The minimum absolute atomic E-state index is 0.107. The largest absolute Gasteiger partial charge is 0.411 e. The Hall–Kier alpha value is -0.700. The maximum Gasteiger partial charge on any atom is 0.411 e. The smallest absolute Gasteiger partial charge is 0.372 e. The molecule has 0 saturated heterocycles. The summed E-state index contributed by atoms with van der Waals surface area (Å²) in [5, 5.41) is 0. The molecule has 1 atom stereocenters. The summed E-state index contributed by atoms with van der Waals surface area (Å²) in [5.74, 6) is 4.93. The van der Waals surface area contributed by atoms with Crippen LogP contribution < -0.4 is 11.3 Å². The molecule has 0 saturated carbocycles. The monoisotopic (exact) mass is 358 g/mol. The SMILES string of the molecule is NNC(CCOCC(F)(F)F)Cc1cc(Br)ccc1F. The molecule has 1 rings (SSSR count). The summed E-state index contributed by atoms with van der Waals surface area (Å²) in [7, 11) is 0. The molecule has 1 aromatic rings. The topological polar surface area (TPSA) is 47.3 Å². The van der Waals surface area contributed by atoms with Gasteiger partial charge in [-0.3, -0.25) is 11.3 Å². The highest BCUT2D eigenvalue weighted by Gasteiger charge is 2.27. The summed E-state index contributed by atoms with van der Waals surface area (Å²) >= 11 is 3.23. The lowest BCUT2D eigenvalue weighted by Crippen LogP contribution is -2.38. The molecule has 114 valence electrons. The molecule has 0 fully saturated rings. The van der Waals surface area contributed by atoms with Crippen LogP contribution in [0.5, 0.6) is 0 Å². The fraction of sp³-hybridized carbons (Fsp3) is 0.500. The van der Waals surface area contributed by atoms with Crippen LogP contribution in [0.1, 0.15) is 12.0 Å². The van der Waals surface area contributed by atoms with Gasteiger partial charge in [-0.15, -0.1) is 0 Å². The second kappa shape index (κ2) is 7.92. The molecule has 3 N–H and O–H groups in total. The molecule has 0 aliphatic carbocycles. The predicted octanol–water partition coefficient (Wildman–Crippen LogP) is 2.93. The van der Waals surface area contributed by atoms with Crippen molar-refractivity contribution in [2.45, 2.75) is 25.1 Å². The van der Waals surface area contributed by atoms with Crippen molar-refractivity contribution < 1.29 is 22.3 Å². The van der Waals surface area contributed by atoms with E-state index < -0.39 is 12.8 Å². The van der Waals surface area contributed by atoms with Gasteiger partial charge in [-0.05, 0) is 36.6 Å². The number of nitrogens with one attached hydrogen (secondary N) is 1. The lowest BCUT2D eigenvalue weighted by molar-refractivity contribution is -0.174. The van der Waals surface area contributed by atoms with E-state index in [1.54, 1.807) is 12.1 Å². The van der Waals surface area contributed by atoms with E-state index in [0.717, 1.165) is 4.47 Å². The lowest BCUT2D eigenvalue weighted by atomic mass is 10.0. The molecule has 0 bridgehead atoms. The van der Waals surface area contributed by atoms with Crippen molar-refractivity contribution in [1.29, 1.82) is 0 Å². The molecular formula is C12H15BrF4N2O. The van der Waals surface area contributed by atoms with Gasteiger partial charge in [0.05, 0.1) is 0 Å². The molecule has 1 unspecified atom stereocenters. The van der Waals surface area contributed by atoms with E-state index in [1.807, 2.05) is 0 Å². The third kappa shape index (κ3) is 6.65. The average molecular weight is 359 g/mol. The molecule has 1 aromatic carbocycles. The molecule has 0 aliphatic heterocycles. The Labute approximate surface area is 122 Å². The number of hydrogen-bond acceptors (Lipinski definition) is 3. The quantitative estimate of drug-likeness (QED) is 0.341. The van der Waals surface area contributed by atoms with Crippen LogP contribution in [0, 0.1) is 5.82 Å². The number of hydrogen-bond donors (Lipinski definition) is 2. The van der Waals surface area contributed by atoms with Crippen LogP contribution >= 0.6 is 15.9 Å². The number of nitrogens with two attached hydrogens (primary N) is 1. The molecule has 8 heteroatoms. The summed E-state index contributed by atoms with van der Waals surface area (Å²) in [6.07, 6.45) is -3.84. The second-order valence-electron chi connectivity index (χ2n) is 4.26. The molecule has 0 spiro atoms. The van der Waals surface area contributed by atoms with Crippen LogP contribution in [0.15, 0.2) is 22.7 Å². The average Bonchev–Trinajstić information content (AvgIpc) is 2.36. The van der Waals surface area contributed by atoms with Crippen molar-refractivity contribution >= 4 is 15.9 Å². The first kappa shape index (κ1) is 17.4. The van der Waals surface area contributed by atoms with Crippen LogP contribution in [-0.4, -0.2) is 25.4 Å². The van der Waals surface area contributed by atoms with Crippen LogP contribution in [0.4, 0.5) is 17.6 Å². The van der Waals surface area contributed by atoms with E-state index in [9.17, 15) is 17.6 Å². The summed E-state index contributed by atoms with van der Waals surface area (Å²) in [5.41, 5.74) is 2.88. The Kier molecular flexibility index (Phi) is 6.87. The Balaban J connectivity index is 2.45. The van der Waals surface area contributed by atoms with Crippen molar-refractivity contribution in [2.24, 2.45) is 5.84 Å². The Morgan fingerprint density at radius 1 is 1.35 bits per heavy atom. The van der Waals surface area contributed by atoms with Gasteiger partial charge >= 0.3 is 6.18 Å². The summed E-state index contributed by atoms with van der Waals surface area (Å²) in [4.78, 5) is 0. The van der Waals surface area contributed by atoms with Crippen molar-refractivity contribution in [3.63, 3.8) is 0 Å². The number of ether oxygens (including phenoxy) is 1. The number of halogens is 5. The zero-order valence-electron chi connectivity index (χ0n) is 10.5. The van der Waals surface area contributed by atoms with E-state index in [4.69, 9.17) is 5.84 Å². The molecule has 0 amide bonds. The molecular weight excluding hydrogens is 344 g/mol. The molecule has 0 radical (unpaired) electrons. The van der Waals surface area contributed by atoms with Gasteiger partial charge in [0.1, 0.15) is 12.4 Å². The molecule has 0 aromatic heterocycles. The van der Waals surface area contributed by atoms with Gasteiger partial charge in [-0.25, -0.2) is 4.39 Å². The zero-order valence-corrected chi connectivity index (χ0v) is 12.1. The molecule has 20 heavy (non-hydrogen) atoms. The van der Waals surface area contributed by atoms with Crippen LogP contribution in [0.2, 0.25) is 0 Å². The van der Waals surface area contributed by atoms with Crippen LogP contribution in [-0.2, 0) is 11.2 Å². The minimum Gasteiger partial charge on any atom is -0.372 e. The zero-order chi connectivity index (χ0) is 15.2. The fourth-order valence-corrected chi connectivity index (χ4v) is 2.03. The maximum atomic E-state index is 13.5. The third-order valence-corrected chi connectivity index (χ3v) is 3.08. The summed E-state index contributed by atoms with van der Waals surface area (Å²) in [6, 6.07) is 4.12. The fourth-order valence-electron chi connectivity index (χ4n) is 1.62. The van der Waals surface area contributed by atoms with E-state index in [0.29, 0.717) is 5.56 Å². The third-order valence-electron chi connectivity index (χ3n) is 2.59. The summed E-state index contributed by atoms with van der Waals surface area (Å²) < 4.78 is 54.4. The molecule has 3 nitrogen and oxygen atoms in total. The van der Waals surface area contributed by atoms with E-state index >= 15 is 0 Å². The number of hydrazine groups is 1. The van der Waals surface area contributed by atoms with Gasteiger partial charge in [0.15, 0.2) is 0 Å². The highest BCUT2D eigenvalue weighted by atomic mass is 79.9. The van der Waals surface area contributed by atoms with Gasteiger partial charge in [0.2, 0.25) is 0 Å². The van der Waals surface area contributed by atoms with Gasteiger partial charge in [-0.1, -0.05) is 15.9 Å².